The maximum absolute atomic E-state index is 12.8. The second-order valence-electron chi connectivity index (χ2n) is 8.07. The SMILES string of the molecule is C[C@@H](c1nc2ccccc2s1)N(C)C(=O)CN1CCN([C@H]2CCS(=O)(=O)C2)CC1. The van der Waals surface area contributed by atoms with E-state index in [0.29, 0.717) is 12.3 Å². The van der Waals surface area contributed by atoms with Crippen molar-refractivity contribution in [2.45, 2.75) is 25.4 Å². The van der Waals surface area contributed by atoms with Gasteiger partial charge in [-0.15, -0.1) is 11.3 Å². The number of carbonyl (C=O) groups excluding carboxylic acids is 1. The maximum Gasteiger partial charge on any atom is 0.237 e. The van der Waals surface area contributed by atoms with Crippen LogP contribution in [0.15, 0.2) is 24.3 Å². The third kappa shape index (κ3) is 4.63. The van der Waals surface area contributed by atoms with Gasteiger partial charge < -0.3 is 4.90 Å². The Balaban J connectivity index is 1.30. The van der Waals surface area contributed by atoms with Crippen LogP contribution in [-0.2, 0) is 14.6 Å². The molecular formula is C20H28N4O3S2. The molecule has 0 radical (unpaired) electrons. The monoisotopic (exact) mass is 436 g/mol. The number of sulfone groups is 1. The number of carbonyl (C=O) groups is 1. The van der Waals surface area contributed by atoms with Crippen LogP contribution in [0.5, 0.6) is 0 Å². The fraction of sp³-hybridized carbons (Fsp3) is 0.600. The minimum Gasteiger partial charge on any atom is -0.335 e. The topological polar surface area (TPSA) is 73.8 Å². The van der Waals surface area contributed by atoms with Gasteiger partial charge in [-0.05, 0) is 25.5 Å². The highest BCUT2D eigenvalue weighted by molar-refractivity contribution is 7.91. The van der Waals surface area contributed by atoms with Crippen molar-refractivity contribution in [1.29, 1.82) is 0 Å². The first-order valence-corrected chi connectivity index (χ1v) is 12.7. The second kappa shape index (κ2) is 8.29. The second-order valence-corrected chi connectivity index (χ2v) is 11.4. The van der Waals surface area contributed by atoms with Crippen molar-refractivity contribution in [1.82, 2.24) is 19.7 Å². The van der Waals surface area contributed by atoms with Gasteiger partial charge in [0, 0.05) is 39.3 Å². The lowest BCUT2D eigenvalue weighted by molar-refractivity contribution is -0.133. The van der Waals surface area contributed by atoms with Crippen LogP contribution < -0.4 is 0 Å². The molecule has 1 aromatic heterocycles. The first-order valence-electron chi connectivity index (χ1n) is 10.1. The van der Waals surface area contributed by atoms with E-state index >= 15 is 0 Å². The van der Waals surface area contributed by atoms with Crippen molar-refractivity contribution in [2.75, 3.05) is 51.3 Å². The smallest absolute Gasteiger partial charge is 0.237 e. The number of hydrogen-bond acceptors (Lipinski definition) is 7. The van der Waals surface area contributed by atoms with E-state index in [2.05, 4.69) is 20.9 Å². The summed E-state index contributed by atoms with van der Waals surface area (Å²) in [6, 6.07) is 8.12. The van der Waals surface area contributed by atoms with Crippen molar-refractivity contribution >= 4 is 37.3 Å². The summed E-state index contributed by atoms with van der Waals surface area (Å²) in [5.74, 6) is 0.688. The van der Waals surface area contributed by atoms with Gasteiger partial charge in [0.05, 0.1) is 34.3 Å². The minimum absolute atomic E-state index is 0.0649. The van der Waals surface area contributed by atoms with E-state index < -0.39 is 9.84 Å². The molecule has 3 heterocycles. The van der Waals surface area contributed by atoms with Gasteiger partial charge >= 0.3 is 0 Å². The van der Waals surface area contributed by atoms with Crippen LogP contribution in [0.25, 0.3) is 10.2 Å². The van der Waals surface area contributed by atoms with E-state index in [1.54, 1.807) is 16.2 Å². The summed E-state index contributed by atoms with van der Waals surface area (Å²) in [6.45, 7) is 5.66. The molecule has 0 aliphatic carbocycles. The van der Waals surface area contributed by atoms with Gasteiger partial charge in [-0.2, -0.15) is 0 Å². The Morgan fingerprint density at radius 1 is 1.28 bits per heavy atom. The van der Waals surface area contributed by atoms with E-state index in [-0.39, 0.29) is 23.7 Å². The third-order valence-corrected chi connectivity index (χ3v) is 9.09. The summed E-state index contributed by atoms with van der Waals surface area (Å²) >= 11 is 1.64. The van der Waals surface area contributed by atoms with E-state index in [9.17, 15) is 13.2 Å². The number of benzene rings is 1. The van der Waals surface area contributed by atoms with Crippen molar-refractivity contribution in [2.24, 2.45) is 0 Å². The number of fused-ring (bicyclic) bond motifs is 1. The molecule has 2 aliphatic rings. The molecule has 1 aromatic carbocycles. The van der Waals surface area contributed by atoms with Crippen LogP contribution in [0.1, 0.15) is 24.4 Å². The van der Waals surface area contributed by atoms with Crippen LogP contribution in [0.2, 0.25) is 0 Å². The van der Waals surface area contributed by atoms with E-state index in [1.807, 2.05) is 32.2 Å². The molecule has 0 spiro atoms. The molecule has 2 aromatic rings. The quantitative estimate of drug-likeness (QED) is 0.709. The maximum atomic E-state index is 12.8. The number of thiazole rings is 1. The largest absolute Gasteiger partial charge is 0.335 e. The van der Waals surface area contributed by atoms with Crippen LogP contribution in [0, 0.1) is 0 Å². The van der Waals surface area contributed by atoms with E-state index in [0.717, 1.165) is 47.8 Å². The molecule has 2 fully saturated rings. The van der Waals surface area contributed by atoms with Gasteiger partial charge in [0.25, 0.3) is 0 Å². The Labute approximate surface area is 176 Å². The van der Waals surface area contributed by atoms with Gasteiger partial charge in [0.15, 0.2) is 9.84 Å². The highest BCUT2D eigenvalue weighted by Crippen LogP contribution is 2.29. The molecule has 2 atom stereocenters. The van der Waals surface area contributed by atoms with Gasteiger partial charge in [0.1, 0.15) is 5.01 Å². The molecule has 9 heteroatoms. The number of hydrogen-bond donors (Lipinski definition) is 0. The van der Waals surface area contributed by atoms with Crippen LogP contribution >= 0.6 is 11.3 Å². The summed E-state index contributed by atoms with van der Waals surface area (Å²) in [4.78, 5) is 23.7. The van der Waals surface area contributed by atoms with Gasteiger partial charge in [-0.25, -0.2) is 13.4 Å². The summed E-state index contributed by atoms with van der Waals surface area (Å²) in [7, 11) is -1.01. The molecule has 1 amide bonds. The highest BCUT2D eigenvalue weighted by atomic mass is 32.2. The zero-order valence-corrected chi connectivity index (χ0v) is 18.6. The lowest BCUT2D eigenvalue weighted by atomic mass is 10.2. The number of para-hydroxylation sites is 1. The third-order valence-electron chi connectivity index (χ3n) is 6.13. The molecule has 158 valence electrons. The summed E-state index contributed by atoms with van der Waals surface area (Å²) in [6.07, 6.45) is 0.740. The zero-order valence-electron chi connectivity index (χ0n) is 17.0. The molecular weight excluding hydrogens is 408 g/mol. The van der Waals surface area contributed by atoms with Crippen LogP contribution in [0.4, 0.5) is 0 Å². The normalized spacial score (nSPS) is 24.0. The predicted molar refractivity (Wildman–Crippen MR) is 116 cm³/mol. The molecule has 2 aliphatic heterocycles. The number of piperazine rings is 1. The first kappa shape index (κ1) is 20.7. The zero-order chi connectivity index (χ0) is 20.6. The summed E-state index contributed by atoms with van der Waals surface area (Å²) in [5, 5.41) is 0.953. The standard InChI is InChI=1S/C20H28N4O3S2/c1-15(20-21-17-5-3-4-6-18(17)28-20)22(2)19(25)13-23-8-10-24(11-9-23)16-7-12-29(26,27)14-16/h3-6,15-16H,7-14H2,1-2H3/t15-,16-/m0/s1. The molecule has 0 bridgehead atoms. The lowest BCUT2D eigenvalue weighted by Crippen LogP contribution is -2.52. The Morgan fingerprint density at radius 3 is 2.66 bits per heavy atom. The Hall–Kier alpha value is -1.55. The Morgan fingerprint density at radius 2 is 2.00 bits per heavy atom. The minimum atomic E-state index is -2.86. The Kier molecular flexibility index (Phi) is 5.92. The van der Waals surface area contributed by atoms with Crippen LogP contribution in [-0.4, -0.2) is 91.3 Å². The molecule has 2 saturated heterocycles. The van der Waals surface area contributed by atoms with Crippen molar-refractivity contribution in [3.8, 4) is 0 Å². The molecule has 0 unspecified atom stereocenters. The van der Waals surface area contributed by atoms with Gasteiger partial charge in [-0.3, -0.25) is 14.6 Å². The number of nitrogens with zero attached hydrogens (tertiary/aromatic N) is 4. The molecule has 0 saturated carbocycles. The summed E-state index contributed by atoms with van der Waals surface area (Å²) < 4.78 is 24.6. The molecule has 0 N–H and O–H groups in total. The van der Waals surface area contributed by atoms with E-state index in [1.165, 1.54) is 0 Å². The first-order chi connectivity index (χ1) is 13.8. The number of amides is 1. The molecule has 4 rings (SSSR count). The van der Waals surface area contributed by atoms with E-state index in [4.69, 9.17) is 0 Å². The fourth-order valence-corrected chi connectivity index (χ4v) is 6.93. The number of aromatic nitrogens is 1. The van der Waals surface area contributed by atoms with Crippen molar-refractivity contribution in [3.05, 3.63) is 29.3 Å². The number of likely N-dealkylation sites (N-methyl/N-ethyl adjacent to an activating group) is 1. The van der Waals surface area contributed by atoms with Gasteiger partial charge in [-0.1, -0.05) is 12.1 Å². The molecule has 7 nitrogen and oxygen atoms in total. The Bertz CT molecular complexity index is 950. The van der Waals surface area contributed by atoms with Crippen LogP contribution in [0.3, 0.4) is 0 Å². The fourth-order valence-electron chi connectivity index (χ4n) is 4.10. The average Bonchev–Trinajstić information content (AvgIpc) is 3.30. The summed E-state index contributed by atoms with van der Waals surface area (Å²) in [5.41, 5.74) is 0.977. The average molecular weight is 437 g/mol. The number of rotatable bonds is 5. The highest BCUT2D eigenvalue weighted by Gasteiger charge is 2.34. The predicted octanol–water partition coefficient (Wildman–Crippen LogP) is 1.62. The van der Waals surface area contributed by atoms with Crippen molar-refractivity contribution < 1.29 is 13.2 Å². The van der Waals surface area contributed by atoms with Gasteiger partial charge in [0.2, 0.25) is 5.91 Å². The lowest BCUT2D eigenvalue weighted by Gasteiger charge is -2.38. The van der Waals surface area contributed by atoms with Crippen molar-refractivity contribution in [3.63, 3.8) is 0 Å². The molecule has 29 heavy (non-hydrogen) atoms.